The minimum atomic E-state index is -0.884. The summed E-state index contributed by atoms with van der Waals surface area (Å²) in [6.07, 6.45) is 3.12. The number of anilines is 1. The average molecular weight is 313 g/mol. The molecule has 1 aromatic carbocycles. The van der Waals surface area contributed by atoms with E-state index in [-0.39, 0.29) is 18.2 Å². The van der Waals surface area contributed by atoms with Crippen LogP contribution in [0.1, 0.15) is 18.4 Å². The van der Waals surface area contributed by atoms with Crippen LogP contribution in [0.3, 0.4) is 0 Å². The third-order valence-corrected chi connectivity index (χ3v) is 3.34. The van der Waals surface area contributed by atoms with E-state index in [0.717, 1.165) is 12.8 Å². The minimum absolute atomic E-state index is 0.0346. The highest BCUT2D eigenvalue weighted by molar-refractivity contribution is 5.93. The Labute approximate surface area is 132 Å². The Balaban J connectivity index is 1.65. The normalized spacial score (nSPS) is 13.4. The maximum atomic E-state index is 11.7. The fraction of sp³-hybridized carbons (Fsp3) is 0.250. The second kappa shape index (κ2) is 6.43. The molecule has 1 aliphatic carbocycles. The molecule has 2 N–H and O–H groups in total. The topological polar surface area (TPSA) is 101 Å². The van der Waals surface area contributed by atoms with Gasteiger partial charge in [-0.15, -0.1) is 0 Å². The average Bonchev–Trinajstić information content (AvgIpc) is 3.34. The SMILES string of the molecule is O=C(O)Cc1ccc(Oc2cc(NC(=O)C3CC3)ncn2)cc1. The molecule has 0 saturated heterocycles. The van der Waals surface area contributed by atoms with E-state index in [1.165, 1.54) is 6.33 Å². The number of aliphatic carboxylic acids is 1. The van der Waals surface area contributed by atoms with E-state index in [4.69, 9.17) is 9.84 Å². The monoisotopic (exact) mass is 313 g/mol. The number of carbonyl (C=O) groups is 2. The lowest BCUT2D eigenvalue weighted by Gasteiger charge is -2.07. The molecule has 0 aliphatic heterocycles. The summed E-state index contributed by atoms with van der Waals surface area (Å²) < 4.78 is 5.59. The largest absolute Gasteiger partial charge is 0.481 e. The molecule has 23 heavy (non-hydrogen) atoms. The second-order valence-electron chi connectivity index (χ2n) is 5.32. The van der Waals surface area contributed by atoms with Crippen LogP contribution in [0.5, 0.6) is 11.6 Å². The number of nitrogens with zero attached hydrogens (tertiary/aromatic N) is 2. The van der Waals surface area contributed by atoms with Crippen LogP contribution in [0.15, 0.2) is 36.7 Å². The fourth-order valence-electron chi connectivity index (χ4n) is 2.01. The number of ether oxygens (including phenoxy) is 1. The first-order chi connectivity index (χ1) is 11.1. The number of carboxylic acids is 1. The number of carboxylic acid groups (broad SMARTS) is 1. The maximum absolute atomic E-state index is 11.7. The zero-order valence-corrected chi connectivity index (χ0v) is 12.2. The van der Waals surface area contributed by atoms with Crippen LogP contribution in [0.4, 0.5) is 5.82 Å². The molecule has 1 aliphatic rings. The number of carbonyl (C=O) groups excluding carboxylic acids is 1. The number of hydrogen-bond acceptors (Lipinski definition) is 5. The molecule has 0 atom stereocenters. The Kier molecular flexibility index (Phi) is 4.18. The molecular formula is C16H15N3O4. The Hall–Kier alpha value is -2.96. The summed E-state index contributed by atoms with van der Waals surface area (Å²) in [5.74, 6) is 0.401. The Morgan fingerprint density at radius 2 is 1.96 bits per heavy atom. The molecule has 2 aromatic rings. The highest BCUT2D eigenvalue weighted by Gasteiger charge is 2.29. The third-order valence-electron chi connectivity index (χ3n) is 3.34. The lowest BCUT2D eigenvalue weighted by molar-refractivity contribution is -0.136. The number of amides is 1. The number of aromatic nitrogens is 2. The summed E-state index contributed by atoms with van der Waals surface area (Å²) in [6.45, 7) is 0. The second-order valence-corrected chi connectivity index (χ2v) is 5.32. The quantitative estimate of drug-likeness (QED) is 0.848. The molecule has 7 nitrogen and oxygen atoms in total. The molecule has 0 spiro atoms. The zero-order chi connectivity index (χ0) is 16.2. The first kappa shape index (κ1) is 15.0. The molecule has 1 heterocycles. The van der Waals surface area contributed by atoms with Crippen molar-refractivity contribution in [3.8, 4) is 11.6 Å². The van der Waals surface area contributed by atoms with Crippen LogP contribution in [-0.4, -0.2) is 27.0 Å². The standard InChI is InChI=1S/C16H15N3O4/c20-15(21)7-10-1-5-12(6-2-10)23-14-8-13(17-9-18-14)19-16(22)11-3-4-11/h1-2,5-6,8-9,11H,3-4,7H2,(H,20,21)(H,17,18,19,22). The van der Waals surface area contributed by atoms with Crippen molar-refractivity contribution in [2.24, 2.45) is 5.92 Å². The van der Waals surface area contributed by atoms with Gasteiger partial charge in [0.25, 0.3) is 0 Å². The van der Waals surface area contributed by atoms with E-state index >= 15 is 0 Å². The lowest BCUT2D eigenvalue weighted by Crippen LogP contribution is -2.14. The van der Waals surface area contributed by atoms with Crippen LogP contribution < -0.4 is 10.1 Å². The van der Waals surface area contributed by atoms with Gasteiger partial charge >= 0.3 is 5.97 Å². The van der Waals surface area contributed by atoms with E-state index in [1.807, 2.05) is 0 Å². The predicted octanol–water partition coefficient (Wildman–Crippen LogP) is 2.24. The molecule has 0 bridgehead atoms. The number of rotatable bonds is 6. The van der Waals surface area contributed by atoms with Crippen LogP contribution in [0, 0.1) is 5.92 Å². The van der Waals surface area contributed by atoms with Crippen LogP contribution in [-0.2, 0) is 16.0 Å². The maximum Gasteiger partial charge on any atom is 0.307 e. The number of hydrogen-bond donors (Lipinski definition) is 2. The van der Waals surface area contributed by atoms with Gasteiger partial charge in [-0.2, -0.15) is 0 Å². The summed E-state index contributed by atoms with van der Waals surface area (Å²) in [5, 5.41) is 11.5. The van der Waals surface area contributed by atoms with Gasteiger partial charge in [-0.1, -0.05) is 12.1 Å². The Morgan fingerprint density at radius 3 is 2.61 bits per heavy atom. The van der Waals surface area contributed by atoms with Gasteiger partial charge in [-0.25, -0.2) is 9.97 Å². The molecule has 1 saturated carbocycles. The van der Waals surface area contributed by atoms with Crippen molar-refractivity contribution >= 4 is 17.7 Å². The fourth-order valence-corrected chi connectivity index (χ4v) is 2.01. The molecule has 1 amide bonds. The summed E-state index contributed by atoms with van der Waals surface area (Å²) >= 11 is 0. The van der Waals surface area contributed by atoms with Gasteiger partial charge in [0.05, 0.1) is 6.42 Å². The summed E-state index contributed by atoms with van der Waals surface area (Å²) in [5.41, 5.74) is 0.685. The van der Waals surface area contributed by atoms with Gasteiger partial charge in [-0.05, 0) is 30.5 Å². The van der Waals surface area contributed by atoms with E-state index in [9.17, 15) is 9.59 Å². The van der Waals surface area contributed by atoms with Gasteiger partial charge in [-0.3, -0.25) is 9.59 Å². The number of nitrogens with one attached hydrogen (secondary N) is 1. The van der Waals surface area contributed by atoms with Crippen LogP contribution >= 0.6 is 0 Å². The van der Waals surface area contributed by atoms with Crippen molar-refractivity contribution in [2.45, 2.75) is 19.3 Å². The zero-order valence-electron chi connectivity index (χ0n) is 12.2. The summed E-state index contributed by atoms with van der Waals surface area (Å²) in [6, 6.07) is 8.25. The first-order valence-electron chi connectivity index (χ1n) is 7.21. The molecule has 0 radical (unpaired) electrons. The van der Waals surface area contributed by atoms with E-state index < -0.39 is 5.97 Å². The van der Waals surface area contributed by atoms with Crippen molar-refractivity contribution in [2.75, 3.05) is 5.32 Å². The minimum Gasteiger partial charge on any atom is -0.481 e. The predicted molar refractivity (Wildman–Crippen MR) is 81.2 cm³/mol. The molecule has 1 aromatic heterocycles. The molecule has 1 fully saturated rings. The van der Waals surface area contributed by atoms with Gasteiger partial charge in [0, 0.05) is 12.0 Å². The molecular weight excluding hydrogens is 298 g/mol. The van der Waals surface area contributed by atoms with Gasteiger partial charge in [0.2, 0.25) is 11.8 Å². The summed E-state index contributed by atoms with van der Waals surface area (Å²) in [4.78, 5) is 30.3. The number of benzene rings is 1. The van der Waals surface area contributed by atoms with Crippen molar-refractivity contribution in [1.29, 1.82) is 0 Å². The van der Waals surface area contributed by atoms with Crippen LogP contribution in [0.2, 0.25) is 0 Å². The highest BCUT2D eigenvalue weighted by atomic mass is 16.5. The third kappa shape index (κ3) is 4.26. The van der Waals surface area contributed by atoms with E-state index in [0.29, 0.717) is 23.0 Å². The van der Waals surface area contributed by atoms with Gasteiger partial charge in [0.15, 0.2) is 0 Å². The molecule has 7 heteroatoms. The smallest absolute Gasteiger partial charge is 0.307 e. The lowest BCUT2D eigenvalue weighted by atomic mass is 10.1. The van der Waals surface area contributed by atoms with Gasteiger partial charge in [0.1, 0.15) is 17.9 Å². The van der Waals surface area contributed by atoms with Crippen molar-refractivity contribution in [1.82, 2.24) is 9.97 Å². The van der Waals surface area contributed by atoms with Crippen molar-refractivity contribution in [3.63, 3.8) is 0 Å². The van der Waals surface area contributed by atoms with Crippen molar-refractivity contribution < 1.29 is 19.4 Å². The summed E-state index contributed by atoms with van der Waals surface area (Å²) in [7, 11) is 0. The Bertz CT molecular complexity index is 726. The van der Waals surface area contributed by atoms with Gasteiger partial charge < -0.3 is 15.2 Å². The Morgan fingerprint density at radius 1 is 1.22 bits per heavy atom. The van der Waals surface area contributed by atoms with E-state index in [2.05, 4.69) is 15.3 Å². The highest BCUT2D eigenvalue weighted by Crippen LogP contribution is 2.30. The molecule has 3 rings (SSSR count). The first-order valence-corrected chi connectivity index (χ1v) is 7.21. The van der Waals surface area contributed by atoms with Crippen LogP contribution in [0.25, 0.3) is 0 Å². The van der Waals surface area contributed by atoms with E-state index in [1.54, 1.807) is 30.3 Å². The molecule has 118 valence electrons. The molecule has 0 unspecified atom stereocenters. The van der Waals surface area contributed by atoms with Crippen molar-refractivity contribution in [3.05, 3.63) is 42.2 Å².